The van der Waals surface area contributed by atoms with Gasteiger partial charge in [0.15, 0.2) is 0 Å². The molecule has 0 atom stereocenters. The highest BCUT2D eigenvalue weighted by atomic mass is 35.5. The van der Waals surface area contributed by atoms with Gasteiger partial charge in [-0.25, -0.2) is 0 Å². The second kappa shape index (κ2) is 3.67. The van der Waals surface area contributed by atoms with Crippen molar-refractivity contribution in [2.75, 3.05) is 0 Å². The first kappa shape index (κ1) is 11.3. The molecule has 0 spiro atoms. The zero-order valence-corrected chi connectivity index (χ0v) is 9.71. The van der Waals surface area contributed by atoms with Crippen LogP contribution in [0.3, 0.4) is 0 Å². The lowest BCUT2D eigenvalue weighted by atomic mass is 9.88. The molecule has 0 aromatic heterocycles. The van der Waals surface area contributed by atoms with E-state index in [4.69, 9.17) is 16.7 Å². The van der Waals surface area contributed by atoms with Crippen LogP contribution in [0, 0.1) is 6.92 Å². The third-order valence-corrected chi connectivity index (χ3v) is 3.66. The molecule has 0 saturated heterocycles. The van der Waals surface area contributed by atoms with Crippen LogP contribution in [0.25, 0.3) is 0 Å². The zero-order chi connectivity index (χ0) is 11.9. The monoisotopic (exact) mass is 240 g/mol. The summed E-state index contributed by atoms with van der Waals surface area (Å²) in [7, 11) is 0. The van der Waals surface area contributed by atoms with E-state index in [1.54, 1.807) is 6.07 Å². The van der Waals surface area contributed by atoms with Gasteiger partial charge in [-0.2, -0.15) is 0 Å². The van der Waals surface area contributed by atoms with Gasteiger partial charge in [0.1, 0.15) is 5.75 Å². The molecule has 0 unspecified atom stereocenters. The van der Waals surface area contributed by atoms with E-state index in [2.05, 4.69) is 0 Å². The maximum Gasteiger partial charge on any atom is 0.304 e. The summed E-state index contributed by atoms with van der Waals surface area (Å²) in [6.45, 7) is 1.82. The van der Waals surface area contributed by atoms with Crippen LogP contribution in [0.1, 0.15) is 30.4 Å². The number of benzene rings is 1. The summed E-state index contributed by atoms with van der Waals surface area (Å²) in [5.74, 6) is -0.683. The predicted molar refractivity (Wildman–Crippen MR) is 61.0 cm³/mol. The molecule has 0 heterocycles. The van der Waals surface area contributed by atoms with Crippen LogP contribution >= 0.6 is 11.6 Å². The summed E-state index contributed by atoms with van der Waals surface area (Å²) in [4.78, 5) is 10.8. The Bertz CT molecular complexity index is 450. The second-order valence-electron chi connectivity index (χ2n) is 4.42. The molecule has 0 aliphatic heterocycles. The fourth-order valence-electron chi connectivity index (χ4n) is 2.30. The summed E-state index contributed by atoms with van der Waals surface area (Å²) < 4.78 is 0. The van der Waals surface area contributed by atoms with Crippen molar-refractivity contribution in [1.29, 1.82) is 0 Å². The van der Waals surface area contributed by atoms with Gasteiger partial charge in [-0.1, -0.05) is 11.6 Å². The van der Waals surface area contributed by atoms with E-state index < -0.39 is 11.4 Å². The lowest BCUT2D eigenvalue weighted by molar-refractivity contribution is -0.137. The first-order chi connectivity index (χ1) is 7.46. The normalized spacial score (nSPS) is 17.1. The maximum atomic E-state index is 10.8. The number of carboxylic acids is 1. The molecule has 0 radical (unpaired) electrons. The van der Waals surface area contributed by atoms with Crippen molar-refractivity contribution < 1.29 is 15.0 Å². The molecule has 1 aliphatic carbocycles. The molecule has 3 nitrogen and oxygen atoms in total. The lowest BCUT2D eigenvalue weighted by Crippen LogP contribution is -2.14. The first-order valence-electron chi connectivity index (χ1n) is 5.17. The molecule has 0 amide bonds. The SMILES string of the molecule is Cc1c(Cl)ccc(O)c1C1(CC(=O)O)CC1. The van der Waals surface area contributed by atoms with Crippen LogP contribution in [-0.4, -0.2) is 16.2 Å². The smallest absolute Gasteiger partial charge is 0.304 e. The first-order valence-corrected chi connectivity index (χ1v) is 5.54. The molecule has 1 fully saturated rings. The van der Waals surface area contributed by atoms with Crippen LogP contribution in [0.15, 0.2) is 12.1 Å². The average Bonchev–Trinajstić information content (AvgIpc) is 2.92. The number of carbonyl (C=O) groups is 1. The molecule has 1 aromatic carbocycles. The van der Waals surface area contributed by atoms with Gasteiger partial charge < -0.3 is 10.2 Å². The lowest BCUT2D eigenvalue weighted by Gasteiger charge is -2.18. The minimum Gasteiger partial charge on any atom is -0.508 e. The molecule has 86 valence electrons. The molecule has 1 saturated carbocycles. The number of rotatable bonds is 3. The van der Waals surface area contributed by atoms with E-state index in [0.29, 0.717) is 10.6 Å². The highest BCUT2D eigenvalue weighted by Crippen LogP contribution is 2.55. The molecular formula is C12H13ClO3. The molecule has 1 aromatic rings. The highest BCUT2D eigenvalue weighted by molar-refractivity contribution is 6.31. The van der Waals surface area contributed by atoms with Gasteiger partial charge in [0, 0.05) is 16.0 Å². The van der Waals surface area contributed by atoms with E-state index in [1.165, 1.54) is 6.07 Å². The van der Waals surface area contributed by atoms with Gasteiger partial charge in [-0.3, -0.25) is 4.79 Å². The third kappa shape index (κ3) is 1.76. The molecule has 2 rings (SSSR count). The van der Waals surface area contributed by atoms with Crippen molar-refractivity contribution in [3.8, 4) is 5.75 Å². The second-order valence-corrected chi connectivity index (χ2v) is 4.82. The van der Waals surface area contributed by atoms with Gasteiger partial charge in [0.25, 0.3) is 0 Å². The Kier molecular flexibility index (Phi) is 2.58. The predicted octanol–water partition coefficient (Wildman–Crippen LogP) is 2.86. The minimum absolute atomic E-state index is 0.0573. The van der Waals surface area contributed by atoms with Crippen LogP contribution in [-0.2, 0) is 10.2 Å². The van der Waals surface area contributed by atoms with Crippen molar-refractivity contribution in [3.63, 3.8) is 0 Å². The Morgan fingerprint density at radius 1 is 1.50 bits per heavy atom. The molecule has 16 heavy (non-hydrogen) atoms. The molecule has 4 heteroatoms. The largest absolute Gasteiger partial charge is 0.508 e. The Morgan fingerprint density at radius 2 is 2.12 bits per heavy atom. The van der Waals surface area contributed by atoms with Crippen molar-refractivity contribution in [3.05, 3.63) is 28.3 Å². The van der Waals surface area contributed by atoms with E-state index in [1.807, 2.05) is 6.92 Å². The van der Waals surface area contributed by atoms with Gasteiger partial charge in [-0.15, -0.1) is 0 Å². The van der Waals surface area contributed by atoms with Crippen molar-refractivity contribution in [1.82, 2.24) is 0 Å². The van der Waals surface area contributed by atoms with E-state index in [0.717, 1.165) is 18.4 Å². The van der Waals surface area contributed by atoms with Crippen molar-refractivity contribution in [2.24, 2.45) is 0 Å². The molecule has 2 N–H and O–H groups in total. The maximum absolute atomic E-state index is 10.8. The topological polar surface area (TPSA) is 57.5 Å². The van der Waals surface area contributed by atoms with Gasteiger partial charge in [-0.05, 0) is 37.5 Å². The number of halogens is 1. The Balaban J connectivity index is 2.48. The van der Waals surface area contributed by atoms with Gasteiger partial charge in [0.2, 0.25) is 0 Å². The summed E-state index contributed by atoms with van der Waals surface area (Å²) in [6, 6.07) is 3.17. The Labute approximate surface area is 98.7 Å². The Hall–Kier alpha value is -1.22. The summed E-state index contributed by atoms with van der Waals surface area (Å²) in [6.07, 6.45) is 1.66. The van der Waals surface area contributed by atoms with Gasteiger partial charge in [0.05, 0.1) is 6.42 Å². The third-order valence-electron chi connectivity index (χ3n) is 3.25. The average molecular weight is 241 g/mol. The summed E-state index contributed by atoms with van der Waals surface area (Å²) in [5.41, 5.74) is 1.10. The number of hydrogen-bond acceptors (Lipinski definition) is 2. The highest BCUT2D eigenvalue weighted by Gasteiger charge is 2.48. The number of hydrogen-bond donors (Lipinski definition) is 2. The zero-order valence-electron chi connectivity index (χ0n) is 8.96. The summed E-state index contributed by atoms with van der Waals surface area (Å²) >= 11 is 6.00. The van der Waals surface area contributed by atoms with E-state index in [9.17, 15) is 9.90 Å². The van der Waals surface area contributed by atoms with Crippen LogP contribution in [0.5, 0.6) is 5.75 Å². The van der Waals surface area contributed by atoms with Crippen LogP contribution in [0.2, 0.25) is 5.02 Å². The fraction of sp³-hybridized carbons (Fsp3) is 0.417. The minimum atomic E-state index is -0.837. The Morgan fingerprint density at radius 3 is 2.62 bits per heavy atom. The molecular weight excluding hydrogens is 228 g/mol. The summed E-state index contributed by atoms with van der Waals surface area (Å²) in [5, 5.41) is 19.3. The van der Waals surface area contributed by atoms with E-state index >= 15 is 0 Å². The standard InChI is InChI=1S/C12H13ClO3/c1-7-8(13)2-3-9(14)11(7)12(4-5-12)6-10(15)16/h2-3,14H,4-6H2,1H3,(H,15,16). The number of phenolic OH excluding ortho intramolecular Hbond substituents is 1. The van der Waals surface area contributed by atoms with Crippen molar-refractivity contribution >= 4 is 17.6 Å². The van der Waals surface area contributed by atoms with E-state index in [-0.39, 0.29) is 12.2 Å². The number of phenols is 1. The number of aliphatic carboxylic acids is 1. The fourth-order valence-corrected chi connectivity index (χ4v) is 2.45. The number of carboxylic acid groups (broad SMARTS) is 1. The van der Waals surface area contributed by atoms with Crippen molar-refractivity contribution in [2.45, 2.75) is 31.6 Å². The number of aromatic hydroxyl groups is 1. The van der Waals surface area contributed by atoms with Crippen LogP contribution in [0.4, 0.5) is 0 Å². The van der Waals surface area contributed by atoms with Crippen LogP contribution < -0.4 is 0 Å². The van der Waals surface area contributed by atoms with Gasteiger partial charge >= 0.3 is 5.97 Å². The molecule has 1 aliphatic rings. The quantitative estimate of drug-likeness (QED) is 0.854. The molecule has 0 bridgehead atoms.